The molecular weight excluding hydrogens is 510 g/mol. The first-order chi connectivity index (χ1) is 18.2. The molecule has 198 valence electrons. The number of sulfonamides is 1. The average molecular weight is 538 g/mol. The van der Waals surface area contributed by atoms with Crippen molar-refractivity contribution in [2.75, 3.05) is 13.1 Å². The molecule has 0 amide bonds. The van der Waals surface area contributed by atoms with Crippen LogP contribution in [0.2, 0.25) is 0 Å². The van der Waals surface area contributed by atoms with E-state index in [0.29, 0.717) is 12.8 Å². The van der Waals surface area contributed by atoms with Crippen LogP contribution >= 0.6 is 0 Å². The summed E-state index contributed by atoms with van der Waals surface area (Å²) >= 11 is 0. The van der Waals surface area contributed by atoms with E-state index >= 15 is 0 Å². The summed E-state index contributed by atoms with van der Waals surface area (Å²) in [6.45, 7) is 3.94. The largest absolute Gasteiger partial charge is 0.508 e. The third kappa shape index (κ3) is 3.84. The Kier molecular flexibility index (Phi) is 5.72. The number of piperidine rings is 1. The molecule has 1 aliphatic heterocycles. The molecule has 1 fully saturated rings. The molecule has 0 saturated carbocycles. The van der Waals surface area contributed by atoms with Gasteiger partial charge in [-0.2, -0.15) is 19.3 Å². The molecule has 38 heavy (non-hydrogen) atoms. The van der Waals surface area contributed by atoms with Crippen LogP contribution in [-0.4, -0.2) is 66.5 Å². The van der Waals surface area contributed by atoms with Crippen molar-refractivity contribution in [2.45, 2.75) is 44.2 Å². The van der Waals surface area contributed by atoms with Crippen molar-refractivity contribution >= 4 is 15.8 Å². The molecule has 0 radical (unpaired) electrons. The van der Waals surface area contributed by atoms with Crippen LogP contribution in [0.1, 0.15) is 48.3 Å². The quantitative estimate of drug-likeness (QED) is 0.366. The number of carbonyl (C=O) groups excluding carboxylic acids is 1. The van der Waals surface area contributed by atoms with Crippen molar-refractivity contribution in [2.24, 2.45) is 11.3 Å². The SMILES string of the molecule is CC(C)n1ncc(S(=O)(=O)N2CCC3Cc4c(cnn4-c4ccc(O)cc4)C[C@]3(C(=O)c3ncco3)C2)n1. The van der Waals surface area contributed by atoms with E-state index in [0.717, 1.165) is 16.9 Å². The fourth-order valence-corrected chi connectivity index (χ4v) is 6.99. The van der Waals surface area contributed by atoms with Crippen LogP contribution < -0.4 is 0 Å². The Bertz CT molecular complexity index is 1590. The lowest BCUT2D eigenvalue weighted by atomic mass is 9.60. The van der Waals surface area contributed by atoms with Crippen LogP contribution in [0.3, 0.4) is 0 Å². The average Bonchev–Trinajstić information content (AvgIpc) is 3.68. The Morgan fingerprint density at radius 1 is 1.18 bits per heavy atom. The smallest absolute Gasteiger partial charge is 0.264 e. The van der Waals surface area contributed by atoms with Gasteiger partial charge in [-0.3, -0.25) is 4.79 Å². The zero-order chi connectivity index (χ0) is 26.7. The molecule has 1 aliphatic carbocycles. The maximum atomic E-state index is 14.0. The number of Topliss-reactive ketones (excluding diaryl/α,β-unsaturated/α-hetero) is 1. The first kappa shape index (κ1) is 24.5. The number of ketones is 1. The molecule has 1 N–H and O–H groups in total. The lowest BCUT2D eigenvalue weighted by molar-refractivity contribution is 0.0364. The second kappa shape index (κ2) is 8.88. The van der Waals surface area contributed by atoms with Gasteiger partial charge in [0, 0.05) is 18.8 Å². The number of oxazole rings is 1. The zero-order valence-electron chi connectivity index (χ0n) is 20.9. The van der Waals surface area contributed by atoms with E-state index in [1.165, 1.54) is 27.8 Å². The summed E-state index contributed by atoms with van der Waals surface area (Å²) in [6.07, 6.45) is 7.02. The van der Waals surface area contributed by atoms with Gasteiger partial charge in [-0.1, -0.05) is 0 Å². The number of aromatic nitrogens is 6. The number of aromatic hydroxyl groups is 1. The molecular formula is C25H27N7O5S. The maximum absolute atomic E-state index is 14.0. The molecule has 4 heterocycles. The van der Waals surface area contributed by atoms with Crippen molar-refractivity contribution in [1.82, 2.24) is 34.1 Å². The monoisotopic (exact) mass is 537 g/mol. The summed E-state index contributed by atoms with van der Waals surface area (Å²) in [5, 5.41) is 22.4. The van der Waals surface area contributed by atoms with Gasteiger partial charge < -0.3 is 9.52 Å². The molecule has 1 saturated heterocycles. The summed E-state index contributed by atoms with van der Waals surface area (Å²) in [5.74, 6) is -0.359. The van der Waals surface area contributed by atoms with Gasteiger partial charge in [-0.05, 0) is 68.9 Å². The van der Waals surface area contributed by atoms with E-state index < -0.39 is 15.4 Å². The molecule has 12 nitrogen and oxygen atoms in total. The second-order valence-corrected chi connectivity index (χ2v) is 12.1. The van der Waals surface area contributed by atoms with E-state index in [1.807, 2.05) is 18.5 Å². The Morgan fingerprint density at radius 2 is 1.97 bits per heavy atom. The molecule has 13 heteroatoms. The number of fused-ring (bicyclic) bond motifs is 2. The highest BCUT2D eigenvalue weighted by Crippen LogP contribution is 2.48. The number of phenols is 1. The highest BCUT2D eigenvalue weighted by Gasteiger charge is 2.55. The van der Waals surface area contributed by atoms with E-state index in [2.05, 4.69) is 20.3 Å². The molecule has 2 aliphatic rings. The number of phenolic OH excluding ortho intramolecular Hbond substituents is 1. The fourth-order valence-electron chi connectivity index (χ4n) is 5.61. The third-order valence-corrected chi connectivity index (χ3v) is 9.30. The minimum absolute atomic E-state index is 0.0282. The summed E-state index contributed by atoms with van der Waals surface area (Å²) in [7, 11) is -3.99. The first-order valence-corrected chi connectivity index (χ1v) is 13.8. The van der Waals surface area contributed by atoms with Gasteiger partial charge >= 0.3 is 0 Å². The number of carbonyl (C=O) groups is 1. The summed E-state index contributed by atoms with van der Waals surface area (Å²) in [5.41, 5.74) is 1.54. The highest BCUT2D eigenvalue weighted by molar-refractivity contribution is 7.89. The molecule has 3 aromatic heterocycles. The van der Waals surface area contributed by atoms with Crippen LogP contribution in [-0.2, 0) is 22.9 Å². The number of hydrogen-bond acceptors (Lipinski definition) is 9. The Hall–Kier alpha value is -3.84. The summed E-state index contributed by atoms with van der Waals surface area (Å²) < 4.78 is 35.8. The number of hydrogen-bond donors (Lipinski definition) is 1. The number of rotatable bonds is 6. The lowest BCUT2D eigenvalue weighted by Crippen LogP contribution is -2.57. The van der Waals surface area contributed by atoms with Crippen molar-refractivity contribution < 1.29 is 22.7 Å². The van der Waals surface area contributed by atoms with Crippen LogP contribution in [0.4, 0.5) is 0 Å². The van der Waals surface area contributed by atoms with Crippen molar-refractivity contribution in [3.63, 3.8) is 0 Å². The number of benzene rings is 1. The van der Waals surface area contributed by atoms with E-state index in [4.69, 9.17) is 4.42 Å². The molecule has 6 rings (SSSR count). The topological polar surface area (TPSA) is 149 Å². The lowest BCUT2D eigenvalue weighted by Gasteiger charge is -2.48. The van der Waals surface area contributed by atoms with Gasteiger partial charge in [0.2, 0.25) is 10.8 Å². The van der Waals surface area contributed by atoms with Gasteiger partial charge in [0.1, 0.15) is 12.0 Å². The Labute approximate surface area is 218 Å². The van der Waals surface area contributed by atoms with E-state index in [-0.39, 0.29) is 53.9 Å². The molecule has 0 spiro atoms. The minimum atomic E-state index is -3.99. The minimum Gasteiger partial charge on any atom is -0.508 e. The van der Waals surface area contributed by atoms with E-state index in [9.17, 15) is 18.3 Å². The first-order valence-electron chi connectivity index (χ1n) is 12.4. The summed E-state index contributed by atoms with van der Waals surface area (Å²) in [6, 6.07) is 6.66. The second-order valence-electron chi connectivity index (χ2n) is 10.2. The van der Waals surface area contributed by atoms with Crippen LogP contribution in [0, 0.1) is 11.3 Å². The highest BCUT2D eigenvalue weighted by atomic mass is 32.2. The van der Waals surface area contributed by atoms with Gasteiger partial charge in [-0.15, -0.1) is 5.10 Å². The maximum Gasteiger partial charge on any atom is 0.264 e. The molecule has 4 aromatic rings. The van der Waals surface area contributed by atoms with Crippen molar-refractivity contribution in [3.05, 3.63) is 66.3 Å². The van der Waals surface area contributed by atoms with Gasteiger partial charge in [0.15, 0.2) is 0 Å². The van der Waals surface area contributed by atoms with E-state index in [1.54, 1.807) is 30.5 Å². The Balaban J connectivity index is 1.40. The van der Waals surface area contributed by atoms with Crippen LogP contribution in [0.5, 0.6) is 5.75 Å². The predicted molar refractivity (Wildman–Crippen MR) is 133 cm³/mol. The van der Waals surface area contributed by atoms with Gasteiger partial charge in [0.05, 0.1) is 35.7 Å². The molecule has 0 bridgehead atoms. The van der Waals surface area contributed by atoms with Crippen LogP contribution in [0.25, 0.3) is 5.69 Å². The molecule has 1 aromatic carbocycles. The van der Waals surface area contributed by atoms with Gasteiger partial charge in [-0.25, -0.2) is 18.1 Å². The molecule has 1 unspecified atom stereocenters. The standard InChI is InChI=1S/C25H27N7O5S/c1-16(2)32-28-14-22(29-32)38(35,36)30-9-7-18-11-21-17(13-27-31(21)19-3-5-20(33)6-4-19)12-25(18,15-30)23(34)24-26-8-10-37-24/h3-6,8,10,13-14,16,18,33H,7,9,11-12,15H2,1-2H3/t18?,25-/m0/s1. The number of nitrogens with zero attached hydrogens (tertiary/aromatic N) is 7. The van der Waals surface area contributed by atoms with Crippen molar-refractivity contribution in [1.29, 1.82) is 0 Å². The summed E-state index contributed by atoms with van der Waals surface area (Å²) in [4.78, 5) is 19.4. The zero-order valence-corrected chi connectivity index (χ0v) is 21.7. The normalized spacial score (nSPS) is 21.8. The van der Waals surface area contributed by atoms with Crippen LogP contribution in [0.15, 0.2) is 58.6 Å². The fraction of sp³-hybridized carbons (Fsp3) is 0.400. The van der Waals surface area contributed by atoms with Crippen molar-refractivity contribution in [3.8, 4) is 11.4 Å². The molecule has 2 atom stereocenters. The third-order valence-electron chi connectivity index (χ3n) is 7.59. The predicted octanol–water partition coefficient (Wildman–Crippen LogP) is 2.42. The van der Waals surface area contributed by atoms with Gasteiger partial charge in [0.25, 0.3) is 15.9 Å². The Morgan fingerprint density at radius 3 is 2.66 bits per heavy atom.